The normalized spacial score (nSPS) is 6.71. The number of hydrogen-bond acceptors (Lipinski definition) is 5. The molecule has 0 amide bonds. The van der Waals surface area contributed by atoms with E-state index in [0.717, 1.165) is 0 Å². The molecule has 0 bridgehead atoms. The first-order valence-corrected chi connectivity index (χ1v) is 1.88. The van der Waals surface area contributed by atoms with Gasteiger partial charge in [0.15, 0.2) is 17.4 Å². The maximum absolute atomic E-state index is 9.17. The molecule has 0 saturated carbocycles. The number of thiocyanates is 1. The Kier molecular flexibility index (Phi) is 2.79. The second kappa shape index (κ2) is 3.24. The Morgan fingerprint density at radius 3 is 2.71 bits per heavy atom. The fourth-order valence-corrected chi connectivity index (χ4v) is 0.141. The third-order valence-corrected chi connectivity index (χ3v) is 0.406. The van der Waals surface area contributed by atoms with Gasteiger partial charge in [0.1, 0.15) is 0 Å². The zero-order chi connectivity index (χ0) is 5.70. The van der Waals surface area contributed by atoms with Gasteiger partial charge in [-0.1, -0.05) is 0 Å². The lowest BCUT2D eigenvalue weighted by atomic mass is 11.8. The average Bonchev–Trinajstić information content (AvgIpc) is 1.61. The van der Waals surface area contributed by atoms with E-state index in [1.165, 1.54) is 5.40 Å². The third kappa shape index (κ3) is 5.04. The van der Waals surface area contributed by atoms with Crippen LogP contribution in [0.2, 0.25) is 0 Å². The summed E-state index contributed by atoms with van der Waals surface area (Å²) in [5.41, 5.74) is 0. The maximum Gasteiger partial charge on any atom is 0.307 e. The molecular weight excluding hydrogens is 120 g/mol. The van der Waals surface area contributed by atoms with Crippen LogP contribution in [0.5, 0.6) is 0 Å². The third-order valence-electron chi connectivity index (χ3n) is 0.135. The van der Waals surface area contributed by atoms with Gasteiger partial charge in [0, 0.05) is 0 Å². The van der Waals surface area contributed by atoms with Crippen LogP contribution in [-0.4, -0.2) is 5.09 Å². The summed E-state index contributed by atoms with van der Waals surface area (Å²) in [6.07, 6.45) is 0. The molecule has 5 nitrogen and oxygen atoms in total. The number of nitriles is 1. The highest BCUT2D eigenvalue weighted by Crippen LogP contribution is 1.95. The van der Waals surface area contributed by atoms with Crippen molar-refractivity contribution < 1.29 is 9.37 Å². The molecule has 0 aromatic rings. The Labute approximate surface area is 43.2 Å². The van der Waals surface area contributed by atoms with Gasteiger partial charge < -0.3 is 0 Å². The molecular formula is CN2O3S. The molecule has 0 heterocycles. The highest BCUT2D eigenvalue weighted by Gasteiger charge is 1.89. The van der Waals surface area contributed by atoms with Crippen LogP contribution in [0, 0.1) is 20.8 Å². The van der Waals surface area contributed by atoms with Gasteiger partial charge in [0.05, 0.1) is 0 Å². The SMILES string of the molecule is N#CSO[N+](=O)[O-]. The Morgan fingerprint density at radius 2 is 2.57 bits per heavy atom. The van der Waals surface area contributed by atoms with Crippen LogP contribution in [0.15, 0.2) is 0 Å². The van der Waals surface area contributed by atoms with E-state index in [1.807, 2.05) is 0 Å². The van der Waals surface area contributed by atoms with Gasteiger partial charge in [0.25, 0.3) is 0 Å². The van der Waals surface area contributed by atoms with Crippen molar-refractivity contribution >= 4 is 12.0 Å². The first kappa shape index (κ1) is 6.04. The van der Waals surface area contributed by atoms with Crippen molar-refractivity contribution in [1.29, 1.82) is 5.26 Å². The second-order valence-electron chi connectivity index (χ2n) is 0.473. The van der Waals surface area contributed by atoms with E-state index < -0.39 is 5.09 Å². The Bertz CT molecular complexity index is 106. The molecule has 0 N–H and O–H groups in total. The van der Waals surface area contributed by atoms with Crippen molar-refractivity contribution in [3.05, 3.63) is 10.1 Å². The first-order valence-electron chi connectivity index (χ1n) is 1.14. The molecule has 0 unspecified atom stereocenters. The monoisotopic (exact) mass is 120 g/mol. The minimum Gasteiger partial charge on any atom is -0.226 e. The molecule has 0 rings (SSSR count). The van der Waals surface area contributed by atoms with Gasteiger partial charge in [-0.3, -0.25) is 0 Å². The summed E-state index contributed by atoms with van der Waals surface area (Å²) in [6, 6.07) is 0. The Balaban J connectivity index is 3.02. The topological polar surface area (TPSA) is 76.2 Å². The molecule has 7 heavy (non-hydrogen) atoms. The van der Waals surface area contributed by atoms with Crippen molar-refractivity contribution in [3.8, 4) is 5.40 Å². The number of nitrogens with zero attached hydrogens (tertiary/aromatic N) is 2. The predicted molar refractivity (Wildman–Crippen MR) is 21.3 cm³/mol. The minimum atomic E-state index is -1.05. The minimum absolute atomic E-state index is 0.123. The van der Waals surface area contributed by atoms with Gasteiger partial charge in [-0.05, 0) is 0 Å². The van der Waals surface area contributed by atoms with Crippen molar-refractivity contribution in [2.45, 2.75) is 0 Å². The molecule has 0 aliphatic rings. The molecule has 0 spiro atoms. The average molecular weight is 120 g/mol. The molecule has 0 atom stereocenters. The van der Waals surface area contributed by atoms with Gasteiger partial charge in [-0.2, -0.15) is 5.26 Å². The zero-order valence-electron chi connectivity index (χ0n) is 3.03. The zero-order valence-corrected chi connectivity index (χ0v) is 3.84. The quantitative estimate of drug-likeness (QED) is 0.227. The summed E-state index contributed by atoms with van der Waals surface area (Å²) in [7, 11) is 0. The molecule has 0 aliphatic carbocycles. The van der Waals surface area contributed by atoms with E-state index in [0.29, 0.717) is 0 Å². The van der Waals surface area contributed by atoms with Crippen LogP contribution in [0.3, 0.4) is 0 Å². The molecule has 38 valence electrons. The summed E-state index contributed by atoms with van der Waals surface area (Å²) < 4.78 is 3.47. The van der Waals surface area contributed by atoms with E-state index in [-0.39, 0.29) is 12.0 Å². The van der Waals surface area contributed by atoms with Crippen molar-refractivity contribution in [1.82, 2.24) is 0 Å². The number of rotatable bonds is 2. The fourth-order valence-electron chi connectivity index (χ4n) is 0.0471. The van der Waals surface area contributed by atoms with Gasteiger partial charge in [-0.15, -0.1) is 10.1 Å². The van der Waals surface area contributed by atoms with E-state index in [4.69, 9.17) is 15.4 Å². The smallest absolute Gasteiger partial charge is 0.226 e. The molecule has 0 saturated heterocycles. The Morgan fingerprint density at radius 1 is 2.00 bits per heavy atom. The summed E-state index contributed by atoms with van der Waals surface area (Å²) in [4.78, 5) is 9.17. The summed E-state index contributed by atoms with van der Waals surface area (Å²) >= 11 is 0.123. The summed E-state index contributed by atoms with van der Waals surface area (Å²) in [6.45, 7) is 0. The van der Waals surface area contributed by atoms with Crippen molar-refractivity contribution in [2.24, 2.45) is 0 Å². The van der Waals surface area contributed by atoms with Gasteiger partial charge in [0.2, 0.25) is 0 Å². The van der Waals surface area contributed by atoms with E-state index >= 15 is 0 Å². The molecule has 0 fully saturated rings. The fraction of sp³-hybridized carbons (Fsp3) is 0. The van der Waals surface area contributed by atoms with Crippen molar-refractivity contribution in [2.75, 3.05) is 0 Å². The summed E-state index contributed by atoms with van der Waals surface area (Å²) in [5.74, 6) is 0. The van der Waals surface area contributed by atoms with E-state index in [1.54, 1.807) is 0 Å². The second-order valence-corrected chi connectivity index (χ2v) is 0.971. The van der Waals surface area contributed by atoms with Crippen LogP contribution in [0.1, 0.15) is 0 Å². The molecule has 0 radical (unpaired) electrons. The van der Waals surface area contributed by atoms with Gasteiger partial charge >= 0.3 is 5.09 Å². The van der Waals surface area contributed by atoms with Crippen molar-refractivity contribution in [3.63, 3.8) is 0 Å². The van der Waals surface area contributed by atoms with Crippen LogP contribution < -0.4 is 0 Å². The lowest BCUT2D eigenvalue weighted by molar-refractivity contribution is -0.707. The molecule has 6 heteroatoms. The largest absolute Gasteiger partial charge is 0.307 e. The molecule has 0 aromatic heterocycles. The highest BCUT2D eigenvalue weighted by molar-refractivity contribution is 7.99. The lowest BCUT2D eigenvalue weighted by Crippen LogP contribution is -1.89. The number of hydrogen-bond donors (Lipinski definition) is 0. The van der Waals surface area contributed by atoms with Crippen LogP contribution in [-0.2, 0) is 4.28 Å². The Hall–Kier alpha value is -0.960. The molecule has 0 aromatic carbocycles. The maximum atomic E-state index is 9.17. The van der Waals surface area contributed by atoms with E-state index in [9.17, 15) is 0 Å². The molecule has 0 aliphatic heterocycles. The standard InChI is InChI=1S/CN2O3S/c2-1-7-6-3(4)5. The summed E-state index contributed by atoms with van der Waals surface area (Å²) in [5, 5.41) is 17.1. The first-order chi connectivity index (χ1) is 3.27. The highest BCUT2D eigenvalue weighted by atomic mass is 32.2. The lowest BCUT2D eigenvalue weighted by Gasteiger charge is -1.79. The van der Waals surface area contributed by atoms with E-state index in [2.05, 4.69) is 4.28 Å². The van der Waals surface area contributed by atoms with Crippen LogP contribution >= 0.6 is 12.0 Å². The van der Waals surface area contributed by atoms with Crippen LogP contribution in [0.25, 0.3) is 0 Å². The van der Waals surface area contributed by atoms with Crippen LogP contribution in [0.4, 0.5) is 0 Å². The van der Waals surface area contributed by atoms with Gasteiger partial charge in [-0.25, -0.2) is 4.28 Å². The predicted octanol–water partition coefficient (Wildman–Crippen LogP) is 0.324.